The van der Waals surface area contributed by atoms with Crippen molar-refractivity contribution in [3.63, 3.8) is 0 Å². The summed E-state index contributed by atoms with van der Waals surface area (Å²) in [5, 5.41) is -0.101. The SMILES string of the molecule is C=C=C1SC(=O)C(C)C1=O. The molecule has 1 aliphatic heterocycles. The van der Waals surface area contributed by atoms with Crippen LogP contribution in [0.2, 0.25) is 0 Å². The van der Waals surface area contributed by atoms with Crippen LogP contribution < -0.4 is 0 Å². The van der Waals surface area contributed by atoms with Crippen molar-refractivity contribution in [3.8, 4) is 0 Å². The molecule has 10 heavy (non-hydrogen) atoms. The maximum atomic E-state index is 11.0. The van der Waals surface area contributed by atoms with Gasteiger partial charge in [0.05, 0.1) is 5.92 Å². The number of thioether (sulfide) groups is 1. The molecule has 0 saturated carbocycles. The first-order chi connectivity index (χ1) is 4.66. The van der Waals surface area contributed by atoms with Crippen LogP contribution in [0.15, 0.2) is 17.2 Å². The molecule has 0 spiro atoms. The molecule has 0 aromatic rings. The van der Waals surface area contributed by atoms with Crippen molar-refractivity contribution in [2.24, 2.45) is 5.92 Å². The molecule has 0 aliphatic carbocycles. The van der Waals surface area contributed by atoms with Crippen LogP contribution in [-0.2, 0) is 9.59 Å². The number of hydrogen-bond acceptors (Lipinski definition) is 3. The molecular weight excluding hydrogens is 148 g/mol. The highest BCUT2D eigenvalue weighted by atomic mass is 32.2. The van der Waals surface area contributed by atoms with Crippen LogP contribution in [0.4, 0.5) is 0 Å². The van der Waals surface area contributed by atoms with Crippen LogP contribution in [0.5, 0.6) is 0 Å². The van der Waals surface area contributed by atoms with E-state index in [9.17, 15) is 9.59 Å². The molecule has 52 valence electrons. The first kappa shape index (κ1) is 7.32. The van der Waals surface area contributed by atoms with E-state index in [1.807, 2.05) is 0 Å². The monoisotopic (exact) mass is 154 g/mol. The van der Waals surface area contributed by atoms with E-state index < -0.39 is 5.92 Å². The molecule has 3 heteroatoms. The Morgan fingerprint density at radius 1 is 1.60 bits per heavy atom. The predicted octanol–water partition coefficient (Wildman–Crippen LogP) is 1.13. The lowest BCUT2D eigenvalue weighted by molar-refractivity contribution is -0.123. The maximum Gasteiger partial charge on any atom is 0.205 e. The second-order valence-electron chi connectivity index (χ2n) is 2.01. The summed E-state index contributed by atoms with van der Waals surface area (Å²) in [6, 6.07) is 0. The van der Waals surface area contributed by atoms with Gasteiger partial charge in [-0.25, -0.2) is 0 Å². The number of ketones is 1. The number of rotatable bonds is 0. The largest absolute Gasteiger partial charge is 0.292 e. The highest BCUT2D eigenvalue weighted by molar-refractivity contribution is 8.18. The summed E-state index contributed by atoms with van der Waals surface area (Å²) in [7, 11) is 0. The van der Waals surface area contributed by atoms with Crippen molar-refractivity contribution in [1.29, 1.82) is 0 Å². The minimum absolute atomic E-state index is 0.101. The third-order valence-electron chi connectivity index (χ3n) is 1.33. The molecule has 1 fully saturated rings. The van der Waals surface area contributed by atoms with Gasteiger partial charge in [-0.3, -0.25) is 9.59 Å². The van der Waals surface area contributed by atoms with Crippen molar-refractivity contribution in [2.45, 2.75) is 6.92 Å². The Morgan fingerprint density at radius 2 is 2.20 bits per heavy atom. The van der Waals surface area contributed by atoms with Gasteiger partial charge < -0.3 is 0 Å². The summed E-state index contributed by atoms with van der Waals surface area (Å²) in [5.41, 5.74) is 2.43. The fraction of sp³-hybridized carbons (Fsp3) is 0.286. The van der Waals surface area contributed by atoms with E-state index in [0.717, 1.165) is 11.8 Å². The quantitative estimate of drug-likeness (QED) is 0.298. The highest BCUT2D eigenvalue weighted by Gasteiger charge is 2.34. The van der Waals surface area contributed by atoms with Crippen molar-refractivity contribution in [2.75, 3.05) is 0 Å². The summed E-state index contributed by atoms with van der Waals surface area (Å²) in [6.07, 6.45) is 0. The van der Waals surface area contributed by atoms with E-state index in [4.69, 9.17) is 0 Å². The van der Waals surface area contributed by atoms with Crippen molar-refractivity contribution < 1.29 is 9.59 Å². The van der Waals surface area contributed by atoms with Crippen LogP contribution in [0, 0.1) is 5.92 Å². The van der Waals surface area contributed by atoms with Gasteiger partial charge in [-0.2, -0.15) is 0 Å². The molecule has 1 aliphatic rings. The van der Waals surface area contributed by atoms with Gasteiger partial charge in [0.15, 0.2) is 5.78 Å². The number of allylic oxidation sites excluding steroid dienone is 1. The zero-order valence-electron chi connectivity index (χ0n) is 5.51. The van der Waals surface area contributed by atoms with E-state index in [1.165, 1.54) is 0 Å². The molecule has 0 N–H and O–H groups in total. The van der Waals surface area contributed by atoms with Crippen LogP contribution in [0.3, 0.4) is 0 Å². The Labute approximate surface area is 63.0 Å². The van der Waals surface area contributed by atoms with Crippen LogP contribution >= 0.6 is 11.8 Å². The molecule has 1 atom stereocenters. The van der Waals surface area contributed by atoms with Gasteiger partial charge in [0.1, 0.15) is 4.91 Å². The molecule has 1 saturated heterocycles. The van der Waals surface area contributed by atoms with Crippen LogP contribution in [-0.4, -0.2) is 10.9 Å². The van der Waals surface area contributed by atoms with Gasteiger partial charge in [-0.1, -0.05) is 6.58 Å². The van der Waals surface area contributed by atoms with Crippen LogP contribution in [0.1, 0.15) is 6.92 Å². The van der Waals surface area contributed by atoms with E-state index in [1.54, 1.807) is 6.92 Å². The second-order valence-corrected chi connectivity index (χ2v) is 3.03. The number of hydrogen-bond donors (Lipinski definition) is 0. The predicted molar refractivity (Wildman–Crippen MR) is 39.4 cm³/mol. The van der Waals surface area contributed by atoms with Crippen molar-refractivity contribution in [1.82, 2.24) is 0 Å². The van der Waals surface area contributed by atoms with Gasteiger partial charge >= 0.3 is 0 Å². The first-order valence-electron chi connectivity index (χ1n) is 2.82. The summed E-state index contributed by atoms with van der Waals surface area (Å²) in [6.45, 7) is 4.91. The van der Waals surface area contributed by atoms with E-state index in [2.05, 4.69) is 12.3 Å². The third kappa shape index (κ3) is 0.939. The molecule has 1 rings (SSSR count). The van der Waals surface area contributed by atoms with Crippen molar-refractivity contribution >= 4 is 22.7 Å². The average molecular weight is 154 g/mol. The van der Waals surface area contributed by atoms with Crippen molar-refractivity contribution in [3.05, 3.63) is 17.2 Å². The Kier molecular flexibility index (Phi) is 1.79. The molecular formula is C7H6O2S. The van der Waals surface area contributed by atoms with E-state index in [0.29, 0.717) is 4.91 Å². The minimum Gasteiger partial charge on any atom is -0.292 e. The first-order valence-corrected chi connectivity index (χ1v) is 3.64. The summed E-state index contributed by atoms with van der Waals surface area (Å²) >= 11 is 0.936. The second kappa shape index (κ2) is 2.45. The third-order valence-corrected chi connectivity index (χ3v) is 2.44. The molecule has 1 unspecified atom stereocenters. The number of carbonyl (C=O) groups excluding carboxylic acids is 2. The number of Topliss-reactive ketones (excluding diaryl/α,β-unsaturated/α-hetero) is 1. The summed E-state index contributed by atoms with van der Waals surface area (Å²) < 4.78 is 0. The molecule has 1 heterocycles. The minimum atomic E-state index is -0.491. The van der Waals surface area contributed by atoms with Gasteiger partial charge in [-0.05, 0) is 18.7 Å². The standard InChI is InChI=1S/C7H6O2S/c1-3-5-6(8)4(2)7(9)10-5/h4H,1H2,2H3. The van der Waals surface area contributed by atoms with Gasteiger partial charge in [0.25, 0.3) is 0 Å². The lowest BCUT2D eigenvalue weighted by Crippen LogP contribution is -2.08. The lowest BCUT2D eigenvalue weighted by atomic mass is 10.1. The average Bonchev–Trinajstić information content (AvgIpc) is 2.17. The Bertz CT molecular complexity index is 248. The molecule has 2 nitrogen and oxygen atoms in total. The number of carbonyl (C=O) groups is 2. The van der Waals surface area contributed by atoms with Gasteiger partial charge in [0.2, 0.25) is 5.12 Å². The molecule has 0 amide bonds. The van der Waals surface area contributed by atoms with Gasteiger partial charge in [0, 0.05) is 0 Å². The zero-order chi connectivity index (χ0) is 7.72. The summed E-state index contributed by atoms with van der Waals surface area (Å²) in [4.78, 5) is 22.1. The molecule has 0 aromatic carbocycles. The normalized spacial score (nSPS) is 25.3. The van der Waals surface area contributed by atoms with Gasteiger partial charge in [-0.15, -0.1) is 5.73 Å². The topological polar surface area (TPSA) is 34.1 Å². The molecule has 0 bridgehead atoms. The maximum absolute atomic E-state index is 11.0. The van der Waals surface area contributed by atoms with E-state index >= 15 is 0 Å². The Balaban J connectivity index is 3.03. The fourth-order valence-corrected chi connectivity index (χ4v) is 1.50. The zero-order valence-corrected chi connectivity index (χ0v) is 6.33. The summed E-state index contributed by atoms with van der Waals surface area (Å²) in [5.74, 6) is -0.640. The molecule has 0 aromatic heterocycles. The Hall–Kier alpha value is -0.790. The van der Waals surface area contributed by atoms with Crippen LogP contribution in [0.25, 0.3) is 0 Å². The van der Waals surface area contributed by atoms with E-state index in [-0.39, 0.29) is 10.9 Å². The highest BCUT2D eigenvalue weighted by Crippen LogP contribution is 2.31. The Morgan fingerprint density at radius 3 is 2.40 bits per heavy atom. The smallest absolute Gasteiger partial charge is 0.205 e. The fourth-order valence-electron chi connectivity index (χ4n) is 0.666. The lowest BCUT2D eigenvalue weighted by Gasteiger charge is -1.88. The molecule has 0 radical (unpaired) electrons.